The van der Waals surface area contributed by atoms with Gasteiger partial charge < -0.3 is 5.32 Å². The lowest BCUT2D eigenvalue weighted by Crippen LogP contribution is -2.15. The number of rotatable bonds is 4. The van der Waals surface area contributed by atoms with E-state index in [0.29, 0.717) is 0 Å². The quantitative estimate of drug-likeness (QED) is 0.786. The number of hydrogen-bond acceptors (Lipinski definition) is 4. The van der Waals surface area contributed by atoms with Gasteiger partial charge in [0.15, 0.2) is 4.34 Å². The Labute approximate surface area is 137 Å². The van der Waals surface area contributed by atoms with Crippen LogP contribution in [0.2, 0.25) is 5.02 Å². The number of aryl methyl sites for hydroxylation is 1. The molecule has 0 aliphatic heterocycles. The van der Waals surface area contributed by atoms with Crippen LogP contribution in [0.25, 0.3) is 0 Å². The van der Waals surface area contributed by atoms with E-state index in [1.54, 1.807) is 0 Å². The summed E-state index contributed by atoms with van der Waals surface area (Å²) in [6, 6.07) is 2.79. The first-order chi connectivity index (χ1) is 10.3. The molecule has 0 aliphatic carbocycles. The molecule has 2 aromatic rings. The van der Waals surface area contributed by atoms with Crippen LogP contribution in [0.5, 0.6) is 0 Å². The molecule has 1 amide bonds. The van der Waals surface area contributed by atoms with Gasteiger partial charge in [0.05, 0.1) is 22.0 Å². The Morgan fingerprint density at radius 2 is 2.18 bits per heavy atom. The summed E-state index contributed by atoms with van der Waals surface area (Å²) in [6.45, 7) is 1.84. The molecule has 0 saturated carbocycles. The Kier molecular flexibility index (Phi) is 5.36. The van der Waals surface area contributed by atoms with Crippen LogP contribution < -0.4 is 5.32 Å². The average molecular weight is 367 g/mol. The average Bonchev–Trinajstić information content (AvgIpc) is 2.83. The van der Waals surface area contributed by atoms with Gasteiger partial charge >= 0.3 is 6.18 Å². The van der Waals surface area contributed by atoms with Crippen molar-refractivity contribution >= 4 is 46.3 Å². The van der Waals surface area contributed by atoms with Gasteiger partial charge in [0, 0.05) is 11.1 Å². The Morgan fingerprint density at radius 1 is 1.45 bits per heavy atom. The third-order valence-electron chi connectivity index (χ3n) is 2.49. The summed E-state index contributed by atoms with van der Waals surface area (Å²) in [7, 11) is 0. The van der Waals surface area contributed by atoms with E-state index in [1.165, 1.54) is 23.1 Å². The number of thiazole rings is 1. The zero-order valence-electron chi connectivity index (χ0n) is 11.2. The molecule has 0 aliphatic rings. The molecule has 0 fully saturated rings. The van der Waals surface area contributed by atoms with E-state index in [0.717, 1.165) is 28.2 Å². The highest BCUT2D eigenvalue weighted by molar-refractivity contribution is 8.01. The maximum absolute atomic E-state index is 12.6. The van der Waals surface area contributed by atoms with Gasteiger partial charge in [-0.15, -0.1) is 11.3 Å². The SMILES string of the molecule is Cc1csc(SCC(=O)Nc2cc(C(F)(F)F)ccc2Cl)n1. The number of alkyl halides is 3. The molecule has 0 saturated heterocycles. The molecule has 22 heavy (non-hydrogen) atoms. The zero-order chi connectivity index (χ0) is 16.3. The van der Waals surface area contributed by atoms with Gasteiger partial charge in [-0.05, 0) is 25.1 Å². The van der Waals surface area contributed by atoms with E-state index in [2.05, 4.69) is 10.3 Å². The summed E-state index contributed by atoms with van der Waals surface area (Å²) in [5.41, 5.74) is -0.0679. The summed E-state index contributed by atoms with van der Waals surface area (Å²) in [5, 5.41) is 4.29. The number of carbonyl (C=O) groups is 1. The van der Waals surface area contributed by atoms with Crippen LogP contribution in [0.15, 0.2) is 27.9 Å². The topological polar surface area (TPSA) is 42.0 Å². The molecule has 0 bridgehead atoms. The van der Waals surface area contributed by atoms with Crippen molar-refractivity contribution in [1.29, 1.82) is 0 Å². The number of carbonyl (C=O) groups excluding carboxylic acids is 1. The molecular weight excluding hydrogens is 357 g/mol. The minimum absolute atomic E-state index is 0.0412. The molecule has 0 unspecified atom stereocenters. The van der Waals surface area contributed by atoms with Crippen LogP contribution in [0, 0.1) is 6.92 Å². The fourth-order valence-electron chi connectivity index (χ4n) is 1.51. The van der Waals surface area contributed by atoms with Crippen molar-refractivity contribution in [3.8, 4) is 0 Å². The van der Waals surface area contributed by atoms with Gasteiger partial charge in [-0.1, -0.05) is 23.4 Å². The minimum atomic E-state index is -4.49. The second-order valence-electron chi connectivity index (χ2n) is 4.28. The fraction of sp³-hybridized carbons (Fsp3) is 0.231. The minimum Gasteiger partial charge on any atom is -0.324 e. The Balaban J connectivity index is 2.01. The number of anilines is 1. The molecule has 1 aromatic heterocycles. The number of aromatic nitrogens is 1. The normalized spacial score (nSPS) is 11.5. The van der Waals surface area contributed by atoms with Crippen LogP contribution in [-0.4, -0.2) is 16.6 Å². The Hall–Kier alpha value is -1.25. The van der Waals surface area contributed by atoms with E-state index in [4.69, 9.17) is 11.6 Å². The largest absolute Gasteiger partial charge is 0.416 e. The number of nitrogens with one attached hydrogen (secondary N) is 1. The highest BCUT2D eigenvalue weighted by atomic mass is 35.5. The second kappa shape index (κ2) is 6.89. The van der Waals surface area contributed by atoms with E-state index in [9.17, 15) is 18.0 Å². The monoisotopic (exact) mass is 366 g/mol. The van der Waals surface area contributed by atoms with Crippen molar-refractivity contribution in [2.45, 2.75) is 17.4 Å². The van der Waals surface area contributed by atoms with E-state index < -0.39 is 17.6 Å². The third-order valence-corrected chi connectivity index (χ3v) is 4.96. The smallest absolute Gasteiger partial charge is 0.324 e. The lowest BCUT2D eigenvalue weighted by atomic mass is 10.2. The second-order valence-corrected chi connectivity index (χ2v) is 6.77. The summed E-state index contributed by atoms with van der Waals surface area (Å²) in [5.74, 6) is -0.404. The molecule has 0 atom stereocenters. The maximum Gasteiger partial charge on any atom is 0.416 e. The summed E-state index contributed by atoms with van der Waals surface area (Å²) in [4.78, 5) is 16.0. The van der Waals surface area contributed by atoms with E-state index >= 15 is 0 Å². The van der Waals surface area contributed by atoms with Crippen LogP contribution in [0.1, 0.15) is 11.3 Å². The molecule has 1 N–H and O–H groups in total. The van der Waals surface area contributed by atoms with Crippen molar-refractivity contribution in [3.05, 3.63) is 39.9 Å². The molecule has 1 aromatic carbocycles. The number of nitrogens with zero attached hydrogens (tertiary/aromatic N) is 1. The highest BCUT2D eigenvalue weighted by Gasteiger charge is 2.31. The number of hydrogen-bond donors (Lipinski definition) is 1. The summed E-state index contributed by atoms with van der Waals surface area (Å²) < 4.78 is 38.7. The predicted octanol–water partition coefficient (Wildman–Crippen LogP) is 4.85. The van der Waals surface area contributed by atoms with Gasteiger partial charge in [-0.2, -0.15) is 13.2 Å². The van der Waals surface area contributed by atoms with Crippen molar-refractivity contribution in [2.24, 2.45) is 0 Å². The standard InChI is InChI=1S/C13H10ClF3N2OS2/c1-7-5-21-12(18-7)22-6-11(20)19-10-4-8(13(15,16)17)2-3-9(10)14/h2-5H,6H2,1H3,(H,19,20). The molecular formula is C13H10ClF3N2OS2. The van der Waals surface area contributed by atoms with Crippen LogP contribution >= 0.6 is 34.7 Å². The number of amides is 1. The first-order valence-corrected chi connectivity index (χ1v) is 8.21. The first kappa shape index (κ1) is 17.1. The number of thioether (sulfide) groups is 1. The van der Waals surface area contributed by atoms with E-state index in [1.807, 2.05) is 12.3 Å². The lowest BCUT2D eigenvalue weighted by Gasteiger charge is -2.11. The maximum atomic E-state index is 12.6. The molecule has 3 nitrogen and oxygen atoms in total. The van der Waals surface area contributed by atoms with Gasteiger partial charge in [-0.3, -0.25) is 4.79 Å². The van der Waals surface area contributed by atoms with Crippen molar-refractivity contribution in [2.75, 3.05) is 11.1 Å². The van der Waals surface area contributed by atoms with Crippen molar-refractivity contribution in [1.82, 2.24) is 4.98 Å². The van der Waals surface area contributed by atoms with Gasteiger partial charge in [-0.25, -0.2) is 4.98 Å². The van der Waals surface area contributed by atoms with Gasteiger partial charge in [0.25, 0.3) is 0 Å². The Morgan fingerprint density at radius 3 is 2.77 bits per heavy atom. The summed E-state index contributed by atoms with van der Waals surface area (Å²) in [6.07, 6.45) is -4.49. The predicted molar refractivity (Wildman–Crippen MR) is 82.7 cm³/mol. The van der Waals surface area contributed by atoms with Crippen molar-refractivity contribution < 1.29 is 18.0 Å². The molecule has 0 radical (unpaired) electrons. The van der Waals surface area contributed by atoms with Gasteiger partial charge in [0.1, 0.15) is 0 Å². The van der Waals surface area contributed by atoms with Crippen LogP contribution in [0.4, 0.5) is 18.9 Å². The number of halogens is 4. The molecule has 2 rings (SSSR count). The fourth-order valence-corrected chi connectivity index (χ4v) is 3.32. The van der Waals surface area contributed by atoms with Crippen LogP contribution in [-0.2, 0) is 11.0 Å². The van der Waals surface area contributed by atoms with E-state index in [-0.39, 0.29) is 16.5 Å². The lowest BCUT2D eigenvalue weighted by molar-refractivity contribution is -0.137. The zero-order valence-corrected chi connectivity index (χ0v) is 13.6. The Bertz CT molecular complexity index is 688. The van der Waals surface area contributed by atoms with Gasteiger partial charge in [0.2, 0.25) is 5.91 Å². The third kappa shape index (κ3) is 4.62. The molecule has 1 heterocycles. The van der Waals surface area contributed by atoms with Crippen LogP contribution in [0.3, 0.4) is 0 Å². The molecule has 9 heteroatoms. The molecule has 0 spiro atoms. The number of benzene rings is 1. The molecule has 118 valence electrons. The first-order valence-electron chi connectivity index (χ1n) is 5.97. The summed E-state index contributed by atoms with van der Waals surface area (Å²) >= 11 is 8.43. The van der Waals surface area contributed by atoms with Crippen molar-refractivity contribution in [3.63, 3.8) is 0 Å². The highest BCUT2D eigenvalue weighted by Crippen LogP contribution is 2.34.